The molecule has 1 aromatic carbocycles. The predicted octanol–water partition coefficient (Wildman–Crippen LogP) is 2.09. The number of aryl methyl sites for hydroxylation is 1. The van der Waals surface area contributed by atoms with Crippen molar-refractivity contribution in [3.05, 3.63) is 29.6 Å². The lowest BCUT2D eigenvalue weighted by Crippen LogP contribution is -2.47. The van der Waals surface area contributed by atoms with E-state index in [0.717, 1.165) is 18.4 Å². The van der Waals surface area contributed by atoms with Crippen LogP contribution in [0.25, 0.3) is 0 Å². The predicted molar refractivity (Wildman–Crippen MR) is 68.9 cm³/mol. The number of urea groups is 1. The largest absolute Gasteiger partial charge is 0.326 e. The fourth-order valence-electron chi connectivity index (χ4n) is 2.11. The third-order valence-corrected chi connectivity index (χ3v) is 3.11. The van der Waals surface area contributed by atoms with Crippen LogP contribution in [0.4, 0.5) is 14.9 Å². The molecule has 0 aliphatic carbocycles. The molecule has 98 valence electrons. The molecule has 0 bridgehead atoms. The molecular formula is C13H18FN3O. The van der Waals surface area contributed by atoms with Gasteiger partial charge >= 0.3 is 6.03 Å². The molecular weight excluding hydrogens is 233 g/mol. The maximum absolute atomic E-state index is 13.6. The Bertz CT molecular complexity index is 450. The Morgan fingerprint density at radius 2 is 2.33 bits per heavy atom. The average molecular weight is 251 g/mol. The second-order valence-corrected chi connectivity index (χ2v) is 4.76. The first-order chi connectivity index (χ1) is 8.56. The lowest BCUT2D eigenvalue weighted by atomic mass is 10.1. The van der Waals surface area contributed by atoms with Crippen LogP contribution in [0.15, 0.2) is 18.2 Å². The number of nitrogens with one attached hydrogen (secondary N) is 1. The lowest BCUT2D eigenvalue weighted by Gasteiger charge is -2.30. The van der Waals surface area contributed by atoms with Crippen molar-refractivity contribution in [3.63, 3.8) is 0 Å². The first kappa shape index (κ1) is 12.8. The van der Waals surface area contributed by atoms with Gasteiger partial charge in [0.1, 0.15) is 5.82 Å². The summed E-state index contributed by atoms with van der Waals surface area (Å²) in [4.78, 5) is 13.6. The molecule has 1 atom stereocenters. The van der Waals surface area contributed by atoms with Crippen molar-refractivity contribution in [2.24, 2.45) is 5.73 Å². The Kier molecular flexibility index (Phi) is 3.81. The molecule has 18 heavy (non-hydrogen) atoms. The quantitative estimate of drug-likeness (QED) is 0.803. The van der Waals surface area contributed by atoms with Gasteiger partial charge < -0.3 is 16.0 Å². The first-order valence-corrected chi connectivity index (χ1v) is 6.14. The molecule has 4 nitrogen and oxygen atoms in total. The van der Waals surface area contributed by atoms with Gasteiger partial charge in [-0.05, 0) is 37.5 Å². The Morgan fingerprint density at radius 3 is 3.00 bits per heavy atom. The van der Waals surface area contributed by atoms with Gasteiger partial charge in [0, 0.05) is 19.1 Å². The highest BCUT2D eigenvalue weighted by atomic mass is 19.1. The Labute approximate surface area is 106 Å². The van der Waals surface area contributed by atoms with Gasteiger partial charge in [-0.25, -0.2) is 9.18 Å². The number of anilines is 1. The van der Waals surface area contributed by atoms with Gasteiger partial charge in [0.2, 0.25) is 0 Å². The summed E-state index contributed by atoms with van der Waals surface area (Å²) in [6, 6.07) is 4.48. The molecule has 1 aromatic rings. The number of carbonyl (C=O) groups is 1. The highest BCUT2D eigenvalue weighted by Crippen LogP contribution is 2.17. The van der Waals surface area contributed by atoms with Gasteiger partial charge in [0.15, 0.2) is 0 Å². The number of rotatable bonds is 1. The average Bonchev–Trinajstić information content (AvgIpc) is 2.32. The van der Waals surface area contributed by atoms with E-state index in [1.807, 2.05) is 0 Å². The molecule has 1 saturated heterocycles. The monoisotopic (exact) mass is 251 g/mol. The van der Waals surface area contributed by atoms with Crippen molar-refractivity contribution in [1.29, 1.82) is 0 Å². The lowest BCUT2D eigenvalue weighted by molar-refractivity contribution is 0.193. The summed E-state index contributed by atoms with van der Waals surface area (Å²) in [6.07, 6.45) is 1.83. The second kappa shape index (κ2) is 5.35. The number of amides is 2. The smallest absolute Gasteiger partial charge is 0.321 e. The minimum Gasteiger partial charge on any atom is -0.326 e. The number of hydrogen-bond acceptors (Lipinski definition) is 2. The van der Waals surface area contributed by atoms with Crippen molar-refractivity contribution in [1.82, 2.24) is 4.90 Å². The van der Waals surface area contributed by atoms with E-state index in [4.69, 9.17) is 5.73 Å². The molecule has 2 rings (SSSR count). The third-order valence-electron chi connectivity index (χ3n) is 3.11. The van der Waals surface area contributed by atoms with E-state index >= 15 is 0 Å². The third kappa shape index (κ3) is 2.98. The zero-order chi connectivity index (χ0) is 13.1. The van der Waals surface area contributed by atoms with Crippen molar-refractivity contribution in [2.45, 2.75) is 25.8 Å². The summed E-state index contributed by atoms with van der Waals surface area (Å²) >= 11 is 0. The van der Waals surface area contributed by atoms with Gasteiger partial charge in [-0.3, -0.25) is 0 Å². The second-order valence-electron chi connectivity index (χ2n) is 4.76. The molecule has 1 aliphatic heterocycles. The standard InChI is InChI=1S/C13H18FN3O/c1-9-4-5-12(11(14)7-9)16-13(18)17-6-2-3-10(15)8-17/h4-5,7,10H,2-3,6,8,15H2,1H3,(H,16,18). The highest BCUT2D eigenvalue weighted by molar-refractivity contribution is 5.89. The molecule has 5 heteroatoms. The number of carbonyl (C=O) groups excluding carboxylic acids is 1. The zero-order valence-corrected chi connectivity index (χ0v) is 10.4. The van der Waals surface area contributed by atoms with E-state index < -0.39 is 5.82 Å². The number of halogens is 1. The van der Waals surface area contributed by atoms with Crippen molar-refractivity contribution in [2.75, 3.05) is 18.4 Å². The molecule has 2 amide bonds. The molecule has 1 fully saturated rings. The molecule has 0 aromatic heterocycles. The van der Waals surface area contributed by atoms with E-state index in [-0.39, 0.29) is 17.8 Å². The number of likely N-dealkylation sites (tertiary alicyclic amines) is 1. The van der Waals surface area contributed by atoms with Crippen molar-refractivity contribution in [3.8, 4) is 0 Å². The highest BCUT2D eigenvalue weighted by Gasteiger charge is 2.21. The van der Waals surface area contributed by atoms with E-state index in [1.165, 1.54) is 6.07 Å². The minimum absolute atomic E-state index is 0.0207. The molecule has 0 saturated carbocycles. The molecule has 0 radical (unpaired) electrons. The SMILES string of the molecule is Cc1ccc(NC(=O)N2CCCC(N)C2)c(F)c1. The van der Waals surface area contributed by atoms with Crippen LogP contribution in [-0.4, -0.2) is 30.1 Å². The van der Waals surface area contributed by atoms with E-state index in [9.17, 15) is 9.18 Å². The van der Waals surface area contributed by atoms with Gasteiger partial charge in [0.05, 0.1) is 5.69 Å². The fraction of sp³-hybridized carbons (Fsp3) is 0.462. The minimum atomic E-state index is -0.412. The van der Waals surface area contributed by atoms with Crippen LogP contribution in [0.3, 0.4) is 0 Å². The van der Waals surface area contributed by atoms with Crippen LogP contribution in [0.1, 0.15) is 18.4 Å². The number of nitrogens with two attached hydrogens (primary N) is 1. The van der Waals surface area contributed by atoms with Gasteiger partial charge in [-0.15, -0.1) is 0 Å². The van der Waals surface area contributed by atoms with Crippen LogP contribution < -0.4 is 11.1 Å². The topological polar surface area (TPSA) is 58.4 Å². The van der Waals surface area contributed by atoms with Crippen LogP contribution in [0.5, 0.6) is 0 Å². The summed E-state index contributed by atoms with van der Waals surface area (Å²) < 4.78 is 13.6. The molecule has 3 N–H and O–H groups in total. The zero-order valence-electron chi connectivity index (χ0n) is 10.4. The number of nitrogens with zero attached hydrogens (tertiary/aromatic N) is 1. The summed E-state index contributed by atoms with van der Waals surface area (Å²) in [5, 5.41) is 2.58. The van der Waals surface area contributed by atoms with E-state index in [2.05, 4.69) is 5.32 Å². The number of piperidine rings is 1. The molecule has 1 unspecified atom stereocenters. The summed E-state index contributed by atoms with van der Waals surface area (Å²) in [6.45, 7) is 3.00. The van der Waals surface area contributed by atoms with Gasteiger partial charge in [-0.2, -0.15) is 0 Å². The van der Waals surface area contributed by atoms with Crippen LogP contribution >= 0.6 is 0 Å². The number of hydrogen-bond donors (Lipinski definition) is 2. The summed E-state index contributed by atoms with van der Waals surface area (Å²) in [5.41, 5.74) is 6.85. The van der Waals surface area contributed by atoms with Crippen molar-refractivity contribution < 1.29 is 9.18 Å². The van der Waals surface area contributed by atoms with E-state index in [1.54, 1.807) is 24.0 Å². The fourth-order valence-corrected chi connectivity index (χ4v) is 2.11. The molecule has 1 aliphatic rings. The first-order valence-electron chi connectivity index (χ1n) is 6.14. The van der Waals surface area contributed by atoms with Crippen molar-refractivity contribution >= 4 is 11.7 Å². The van der Waals surface area contributed by atoms with Gasteiger partial charge in [-0.1, -0.05) is 6.07 Å². The maximum Gasteiger partial charge on any atom is 0.321 e. The van der Waals surface area contributed by atoms with Crippen LogP contribution in [-0.2, 0) is 0 Å². The summed E-state index contributed by atoms with van der Waals surface area (Å²) in [7, 11) is 0. The van der Waals surface area contributed by atoms with E-state index in [0.29, 0.717) is 13.1 Å². The molecule has 1 heterocycles. The Balaban J connectivity index is 2.02. The molecule has 0 spiro atoms. The van der Waals surface area contributed by atoms with Crippen LogP contribution in [0.2, 0.25) is 0 Å². The number of benzene rings is 1. The van der Waals surface area contributed by atoms with Crippen LogP contribution in [0, 0.1) is 12.7 Å². The normalized spacial score (nSPS) is 19.7. The Hall–Kier alpha value is -1.62. The maximum atomic E-state index is 13.6. The summed E-state index contributed by atoms with van der Waals surface area (Å²) in [5.74, 6) is -0.412. The Morgan fingerprint density at radius 1 is 1.56 bits per heavy atom. The van der Waals surface area contributed by atoms with Gasteiger partial charge in [0.25, 0.3) is 0 Å².